The second-order valence-corrected chi connectivity index (χ2v) is 7.18. The molecule has 144 valence electrons. The van der Waals surface area contributed by atoms with Crippen molar-refractivity contribution < 1.29 is 9.53 Å². The number of ether oxygens (including phenoxy) is 1. The van der Waals surface area contributed by atoms with E-state index < -0.39 is 0 Å². The van der Waals surface area contributed by atoms with Crippen LogP contribution in [0.25, 0.3) is 0 Å². The van der Waals surface area contributed by atoms with E-state index in [-0.39, 0.29) is 5.91 Å². The van der Waals surface area contributed by atoms with Crippen molar-refractivity contribution >= 4 is 11.6 Å². The van der Waals surface area contributed by atoms with Gasteiger partial charge in [-0.3, -0.25) is 14.6 Å². The van der Waals surface area contributed by atoms with Gasteiger partial charge in [0.15, 0.2) is 0 Å². The van der Waals surface area contributed by atoms with Gasteiger partial charge >= 0.3 is 0 Å². The van der Waals surface area contributed by atoms with Crippen molar-refractivity contribution in [1.29, 1.82) is 0 Å². The third-order valence-corrected chi connectivity index (χ3v) is 4.75. The van der Waals surface area contributed by atoms with Crippen LogP contribution in [0.15, 0.2) is 36.5 Å². The van der Waals surface area contributed by atoms with Crippen LogP contribution < -0.4 is 10.1 Å². The average Bonchev–Trinajstić information content (AvgIpc) is 2.62. The standard InChI is InChI=1S/C21H28N4O2/c1-16-10-17(2)12-19(11-16)23-20(26)15-25-8-6-24(7-9-25)14-18-4-5-22-21(13-18)27-3/h4-5,10-13H,6-9,14-15H2,1-3H3,(H,23,26). The first-order chi connectivity index (χ1) is 13.0. The zero-order chi connectivity index (χ0) is 19.2. The van der Waals surface area contributed by atoms with Gasteiger partial charge in [-0.25, -0.2) is 4.98 Å². The van der Waals surface area contributed by atoms with Crippen LogP contribution in [0.4, 0.5) is 5.69 Å². The third-order valence-electron chi connectivity index (χ3n) is 4.75. The molecule has 0 bridgehead atoms. The number of aromatic nitrogens is 1. The number of carbonyl (C=O) groups excluding carboxylic acids is 1. The highest BCUT2D eigenvalue weighted by molar-refractivity contribution is 5.92. The van der Waals surface area contributed by atoms with E-state index in [9.17, 15) is 4.79 Å². The third kappa shape index (κ3) is 5.77. The summed E-state index contributed by atoms with van der Waals surface area (Å²) < 4.78 is 5.19. The number of anilines is 1. The van der Waals surface area contributed by atoms with Gasteiger partial charge in [0, 0.05) is 50.7 Å². The van der Waals surface area contributed by atoms with Crippen molar-refractivity contribution in [2.75, 3.05) is 45.2 Å². The highest BCUT2D eigenvalue weighted by Gasteiger charge is 2.19. The monoisotopic (exact) mass is 368 g/mol. The van der Waals surface area contributed by atoms with E-state index in [2.05, 4.69) is 26.2 Å². The van der Waals surface area contributed by atoms with Crippen LogP contribution >= 0.6 is 0 Å². The molecule has 0 saturated carbocycles. The van der Waals surface area contributed by atoms with E-state index in [1.54, 1.807) is 13.3 Å². The molecule has 1 aliphatic heterocycles. The molecular weight excluding hydrogens is 340 g/mol. The Balaban J connectivity index is 1.45. The normalized spacial score (nSPS) is 15.5. The van der Waals surface area contributed by atoms with Crippen LogP contribution in [0.1, 0.15) is 16.7 Å². The molecule has 2 aromatic rings. The molecule has 0 radical (unpaired) electrons. The Morgan fingerprint density at radius 1 is 1.07 bits per heavy atom. The van der Waals surface area contributed by atoms with Crippen LogP contribution in [0, 0.1) is 13.8 Å². The molecule has 6 nitrogen and oxygen atoms in total. The molecule has 1 N–H and O–H groups in total. The highest BCUT2D eigenvalue weighted by Crippen LogP contribution is 2.15. The molecule has 0 spiro atoms. The molecule has 2 heterocycles. The van der Waals surface area contributed by atoms with E-state index in [1.165, 1.54) is 5.56 Å². The van der Waals surface area contributed by atoms with Gasteiger partial charge in [0.1, 0.15) is 0 Å². The smallest absolute Gasteiger partial charge is 0.238 e. The number of amides is 1. The summed E-state index contributed by atoms with van der Waals surface area (Å²) in [6.45, 7) is 9.07. The zero-order valence-corrected chi connectivity index (χ0v) is 16.4. The molecule has 1 fully saturated rings. The molecule has 1 saturated heterocycles. The molecule has 1 aromatic heterocycles. The van der Waals surface area contributed by atoms with Gasteiger partial charge in [-0.1, -0.05) is 6.07 Å². The molecule has 6 heteroatoms. The molecule has 0 atom stereocenters. The van der Waals surface area contributed by atoms with Gasteiger partial charge in [0.05, 0.1) is 13.7 Å². The maximum atomic E-state index is 12.4. The number of piperazine rings is 1. The predicted molar refractivity (Wildman–Crippen MR) is 107 cm³/mol. The van der Waals surface area contributed by atoms with E-state index >= 15 is 0 Å². The largest absolute Gasteiger partial charge is 0.481 e. The topological polar surface area (TPSA) is 57.7 Å². The fraction of sp³-hybridized carbons (Fsp3) is 0.429. The Labute approximate surface area is 161 Å². The maximum Gasteiger partial charge on any atom is 0.238 e. The highest BCUT2D eigenvalue weighted by atomic mass is 16.5. The van der Waals surface area contributed by atoms with E-state index in [0.29, 0.717) is 12.4 Å². The van der Waals surface area contributed by atoms with E-state index in [4.69, 9.17) is 4.74 Å². The number of carbonyl (C=O) groups is 1. The van der Waals surface area contributed by atoms with Gasteiger partial charge in [-0.15, -0.1) is 0 Å². The molecule has 0 aliphatic carbocycles. The molecule has 3 rings (SSSR count). The lowest BCUT2D eigenvalue weighted by atomic mass is 10.1. The van der Waals surface area contributed by atoms with Crippen molar-refractivity contribution in [3.8, 4) is 5.88 Å². The van der Waals surface area contributed by atoms with Crippen LogP contribution in [-0.4, -0.2) is 60.5 Å². The zero-order valence-electron chi connectivity index (χ0n) is 16.4. The van der Waals surface area contributed by atoms with Crippen molar-refractivity contribution in [3.05, 3.63) is 53.2 Å². The summed E-state index contributed by atoms with van der Waals surface area (Å²) in [5, 5.41) is 3.02. The summed E-state index contributed by atoms with van der Waals surface area (Å²) in [6.07, 6.45) is 1.78. The van der Waals surface area contributed by atoms with Gasteiger partial charge in [-0.2, -0.15) is 0 Å². The number of rotatable bonds is 6. The number of nitrogens with zero attached hydrogens (tertiary/aromatic N) is 3. The minimum Gasteiger partial charge on any atom is -0.481 e. The molecule has 1 aromatic carbocycles. The SMILES string of the molecule is COc1cc(CN2CCN(CC(=O)Nc3cc(C)cc(C)c3)CC2)ccn1. The number of nitrogens with one attached hydrogen (secondary N) is 1. The van der Waals surface area contributed by atoms with Crippen LogP contribution in [0.3, 0.4) is 0 Å². The number of hydrogen-bond donors (Lipinski definition) is 1. The molecule has 1 amide bonds. The first-order valence-corrected chi connectivity index (χ1v) is 9.33. The predicted octanol–water partition coefficient (Wildman–Crippen LogP) is 2.46. The first-order valence-electron chi connectivity index (χ1n) is 9.33. The Kier molecular flexibility index (Phi) is 6.42. The van der Waals surface area contributed by atoms with Gasteiger partial charge in [-0.05, 0) is 48.7 Å². The molecule has 0 unspecified atom stereocenters. The number of pyridine rings is 1. The minimum atomic E-state index is 0.0484. The number of methoxy groups -OCH3 is 1. The first kappa shape index (κ1) is 19.3. The summed E-state index contributed by atoms with van der Waals surface area (Å²) in [5.74, 6) is 0.696. The molecule has 27 heavy (non-hydrogen) atoms. The fourth-order valence-corrected chi connectivity index (χ4v) is 3.47. The van der Waals surface area contributed by atoms with Gasteiger partial charge < -0.3 is 10.1 Å². The second kappa shape index (κ2) is 8.97. The van der Waals surface area contributed by atoms with Crippen molar-refractivity contribution in [2.24, 2.45) is 0 Å². The van der Waals surface area contributed by atoms with E-state index in [1.807, 2.05) is 38.1 Å². The summed E-state index contributed by atoms with van der Waals surface area (Å²) in [5.41, 5.74) is 4.39. The summed E-state index contributed by atoms with van der Waals surface area (Å²) in [4.78, 5) is 21.1. The Morgan fingerprint density at radius 2 is 1.74 bits per heavy atom. The van der Waals surface area contributed by atoms with Crippen LogP contribution in [0.5, 0.6) is 5.88 Å². The molecule has 1 aliphatic rings. The summed E-state index contributed by atoms with van der Waals surface area (Å²) >= 11 is 0. The number of hydrogen-bond acceptors (Lipinski definition) is 5. The van der Waals surface area contributed by atoms with Gasteiger partial charge in [0.25, 0.3) is 0 Å². The Morgan fingerprint density at radius 3 is 2.41 bits per heavy atom. The lowest BCUT2D eigenvalue weighted by Gasteiger charge is -2.34. The molecular formula is C21H28N4O2. The second-order valence-electron chi connectivity index (χ2n) is 7.18. The minimum absolute atomic E-state index is 0.0484. The average molecular weight is 368 g/mol. The Hall–Kier alpha value is -2.44. The fourth-order valence-electron chi connectivity index (χ4n) is 3.47. The van der Waals surface area contributed by atoms with Crippen LogP contribution in [0.2, 0.25) is 0 Å². The maximum absolute atomic E-state index is 12.4. The number of benzene rings is 1. The summed E-state index contributed by atoms with van der Waals surface area (Å²) in [7, 11) is 1.63. The van der Waals surface area contributed by atoms with Crippen molar-refractivity contribution in [1.82, 2.24) is 14.8 Å². The van der Waals surface area contributed by atoms with Crippen molar-refractivity contribution in [2.45, 2.75) is 20.4 Å². The summed E-state index contributed by atoms with van der Waals surface area (Å²) in [6, 6.07) is 10.1. The van der Waals surface area contributed by atoms with Crippen LogP contribution in [-0.2, 0) is 11.3 Å². The Bertz CT molecular complexity index is 765. The van der Waals surface area contributed by atoms with E-state index in [0.717, 1.165) is 49.5 Å². The lowest BCUT2D eigenvalue weighted by molar-refractivity contribution is -0.117. The van der Waals surface area contributed by atoms with Gasteiger partial charge in [0.2, 0.25) is 11.8 Å². The quantitative estimate of drug-likeness (QED) is 0.849. The number of aryl methyl sites for hydroxylation is 2. The van der Waals surface area contributed by atoms with Crippen molar-refractivity contribution in [3.63, 3.8) is 0 Å². The lowest BCUT2D eigenvalue weighted by Crippen LogP contribution is -2.48.